The lowest BCUT2D eigenvalue weighted by atomic mass is 10.0. The van der Waals surface area contributed by atoms with Crippen LogP contribution in [0.15, 0.2) is 54.6 Å². The van der Waals surface area contributed by atoms with Gasteiger partial charge in [0.2, 0.25) is 0 Å². The summed E-state index contributed by atoms with van der Waals surface area (Å²) in [5, 5.41) is 2.70. The predicted octanol–water partition coefficient (Wildman–Crippen LogP) is 5.87. The summed E-state index contributed by atoms with van der Waals surface area (Å²) >= 11 is 0. The summed E-state index contributed by atoms with van der Waals surface area (Å²) in [6, 6.07) is 18.7. The summed E-state index contributed by atoms with van der Waals surface area (Å²) in [6.45, 7) is 11.4. The van der Waals surface area contributed by atoms with Crippen molar-refractivity contribution in [1.82, 2.24) is 5.32 Å². The molecule has 0 aromatic heterocycles. The second-order valence-electron chi connectivity index (χ2n) is 6.54. The Morgan fingerprint density at radius 3 is 2.04 bits per heavy atom. The Morgan fingerprint density at radius 2 is 1.52 bits per heavy atom. The Bertz CT molecular complexity index is 621. The van der Waals surface area contributed by atoms with Crippen molar-refractivity contribution < 1.29 is 9.53 Å². The highest BCUT2D eigenvalue weighted by molar-refractivity contribution is 5.67. The molecule has 0 bridgehead atoms. The number of alkyl carbamates (subject to hydrolysis) is 1. The van der Waals surface area contributed by atoms with Crippen molar-refractivity contribution in [2.75, 3.05) is 6.61 Å². The Kier molecular flexibility index (Phi) is 9.38. The molecule has 0 aliphatic carbocycles. The molecule has 0 fully saturated rings. The monoisotopic (exact) mass is 341 g/mol. The Labute approximate surface area is 152 Å². The summed E-state index contributed by atoms with van der Waals surface area (Å²) in [5.41, 5.74) is 3.79. The zero-order valence-corrected chi connectivity index (χ0v) is 16.1. The Balaban J connectivity index is 0.000000293. The van der Waals surface area contributed by atoms with Crippen molar-refractivity contribution in [3.63, 3.8) is 0 Å². The molecule has 2 rings (SSSR count). The van der Waals surface area contributed by atoms with Crippen LogP contribution in [0.25, 0.3) is 0 Å². The van der Waals surface area contributed by atoms with Crippen molar-refractivity contribution in [3.05, 3.63) is 71.3 Å². The average Bonchev–Trinajstić information content (AvgIpc) is 2.62. The molecule has 0 saturated heterocycles. The van der Waals surface area contributed by atoms with Crippen molar-refractivity contribution in [3.8, 4) is 0 Å². The number of nitrogens with one attached hydrogen (secondary N) is 1. The number of rotatable bonds is 5. The third kappa shape index (κ3) is 8.39. The van der Waals surface area contributed by atoms with Crippen LogP contribution in [-0.4, -0.2) is 12.7 Å². The number of carbonyl (C=O) groups excluding carboxylic acids is 1. The smallest absolute Gasteiger partial charge is 0.407 e. The molecule has 1 N–H and O–H groups in total. The van der Waals surface area contributed by atoms with Gasteiger partial charge in [-0.25, -0.2) is 4.79 Å². The molecular weight excluding hydrogens is 310 g/mol. The lowest BCUT2D eigenvalue weighted by molar-refractivity contribution is 0.151. The fourth-order valence-electron chi connectivity index (χ4n) is 2.26. The summed E-state index contributed by atoms with van der Waals surface area (Å²) < 4.78 is 4.79. The molecule has 0 aliphatic rings. The maximum absolute atomic E-state index is 11.1. The second-order valence-corrected chi connectivity index (χ2v) is 6.54. The Morgan fingerprint density at radius 1 is 0.920 bits per heavy atom. The van der Waals surface area contributed by atoms with E-state index in [1.165, 1.54) is 11.1 Å². The topological polar surface area (TPSA) is 38.3 Å². The van der Waals surface area contributed by atoms with Crippen LogP contribution < -0.4 is 5.32 Å². The third-order valence-corrected chi connectivity index (χ3v) is 3.80. The zero-order valence-electron chi connectivity index (χ0n) is 16.1. The fourth-order valence-corrected chi connectivity index (χ4v) is 2.26. The van der Waals surface area contributed by atoms with Gasteiger partial charge in [0, 0.05) is 6.54 Å². The van der Waals surface area contributed by atoms with E-state index >= 15 is 0 Å². The van der Waals surface area contributed by atoms with Crippen molar-refractivity contribution in [2.24, 2.45) is 0 Å². The van der Waals surface area contributed by atoms with E-state index in [9.17, 15) is 4.79 Å². The molecule has 1 amide bonds. The van der Waals surface area contributed by atoms with Gasteiger partial charge in [0.25, 0.3) is 0 Å². The van der Waals surface area contributed by atoms with E-state index in [1.54, 1.807) is 6.92 Å². The number of benzene rings is 2. The van der Waals surface area contributed by atoms with Gasteiger partial charge in [-0.3, -0.25) is 0 Å². The first kappa shape index (κ1) is 20.8. The van der Waals surface area contributed by atoms with E-state index in [0.29, 0.717) is 25.0 Å². The van der Waals surface area contributed by atoms with E-state index in [4.69, 9.17) is 4.74 Å². The lowest BCUT2D eigenvalue weighted by Gasteiger charge is -2.09. The first-order chi connectivity index (χ1) is 11.9. The van der Waals surface area contributed by atoms with Gasteiger partial charge >= 0.3 is 6.09 Å². The predicted molar refractivity (Wildman–Crippen MR) is 105 cm³/mol. The minimum absolute atomic E-state index is 0.363. The van der Waals surface area contributed by atoms with E-state index < -0.39 is 0 Å². The van der Waals surface area contributed by atoms with E-state index in [0.717, 1.165) is 5.56 Å². The Hall–Kier alpha value is -2.29. The average molecular weight is 341 g/mol. The molecule has 0 aliphatic heterocycles. The number of hydrogen-bond donors (Lipinski definition) is 1. The molecule has 0 radical (unpaired) electrons. The quantitative estimate of drug-likeness (QED) is 0.739. The van der Waals surface area contributed by atoms with Crippen LogP contribution in [0.5, 0.6) is 0 Å². The molecule has 2 aromatic rings. The van der Waals surface area contributed by atoms with Crippen LogP contribution in [0, 0.1) is 0 Å². The van der Waals surface area contributed by atoms with Crippen molar-refractivity contribution >= 4 is 6.09 Å². The molecule has 25 heavy (non-hydrogen) atoms. The molecule has 2 aromatic carbocycles. The first-order valence-corrected chi connectivity index (χ1v) is 8.98. The highest BCUT2D eigenvalue weighted by atomic mass is 16.5. The van der Waals surface area contributed by atoms with E-state index in [-0.39, 0.29) is 6.09 Å². The van der Waals surface area contributed by atoms with Gasteiger partial charge < -0.3 is 10.1 Å². The highest BCUT2D eigenvalue weighted by Crippen LogP contribution is 2.15. The van der Waals surface area contributed by atoms with Crippen LogP contribution in [0.2, 0.25) is 0 Å². The van der Waals surface area contributed by atoms with Gasteiger partial charge in [0.15, 0.2) is 0 Å². The van der Waals surface area contributed by atoms with E-state index in [1.807, 2.05) is 18.2 Å². The minimum Gasteiger partial charge on any atom is -0.450 e. The van der Waals surface area contributed by atoms with Crippen LogP contribution in [-0.2, 0) is 11.3 Å². The molecule has 0 unspecified atom stereocenters. The summed E-state index contributed by atoms with van der Waals surface area (Å²) in [7, 11) is 0. The van der Waals surface area contributed by atoms with Gasteiger partial charge in [-0.1, -0.05) is 82.3 Å². The maximum Gasteiger partial charge on any atom is 0.407 e. The zero-order chi connectivity index (χ0) is 18.7. The summed E-state index contributed by atoms with van der Waals surface area (Å²) in [5.74, 6) is 1.16. The number of hydrogen-bond acceptors (Lipinski definition) is 2. The van der Waals surface area contributed by atoms with Crippen LogP contribution in [0.1, 0.15) is 63.1 Å². The van der Waals surface area contributed by atoms with Gasteiger partial charge in [-0.05, 0) is 35.4 Å². The molecule has 3 nitrogen and oxygen atoms in total. The largest absolute Gasteiger partial charge is 0.450 e. The van der Waals surface area contributed by atoms with Crippen LogP contribution >= 0.6 is 0 Å². The fraction of sp³-hybridized carbons (Fsp3) is 0.409. The minimum atomic E-state index is -0.363. The molecule has 136 valence electrons. The molecule has 0 atom stereocenters. The normalized spacial score (nSPS) is 10.2. The first-order valence-electron chi connectivity index (χ1n) is 8.98. The summed E-state index contributed by atoms with van der Waals surface area (Å²) in [6.07, 6.45) is -0.363. The highest BCUT2D eigenvalue weighted by Gasteiger charge is 2.02. The molecule has 0 heterocycles. The second kappa shape index (κ2) is 11.3. The van der Waals surface area contributed by atoms with Crippen molar-refractivity contribution in [1.29, 1.82) is 0 Å². The molecular formula is C22H31NO2. The SMILES string of the molecule is CC(C)c1ccccc1.CCOC(=O)NCc1cccc(C(C)C)c1. The van der Waals surface area contributed by atoms with Gasteiger partial charge in [-0.15, -0.1) is 0 Å². The van der Waals surface area contributed by atoms with E-state index in [2.05, 4.69) is 69.4 Å². The lowest BCUT2D eigenvalue weighted by Crippen LogP contribution is -2.23. The summed E-state index contributed by atoms with van der Waals surface area (Å²) in [4.78, 5) is 11.1. The van der Waals surface area contributed by atoms with Crippen LogP contribution in [0.4, 0.5) is 4.79 Å². The molecule has 0 spiro atoms. The molecule has 0 saturated carbocycles. The number of amides is 1. The van der Waals surface area contributed by atoms with Gasteiger partial charge in [0.1, 0.15) is 0 Å². The van der Waals surface area contributed by atoms with Gasteiger partial charge in [0.05, 0.1) is 6.61 Å². The number of carbonyl (C=O) groups is 1. The van der Waals surface area contributed by atoms with Crippen LogP contribution in [0.3, 0.4) is 0 Å². The molecule has 3 heteroatoms. The van der Waals surface area contributed by atoms with Gasteiger partial charge in [-0.2, -0.15) is 0 Å². The third-order valence-electron chi connectivity index (χ3n) is 3.80. The number of ether oxygens (including phenoxy) is 1. The standard InChI is InChI=1S/C13H19NO2.C9H12/c1-4-16-13(15)14-9-11-6-5-7-12(8-11)10(2)3;1-8(2)9-6-4-3-5-7-9/h5-8,10H,4,9H2,1-3H3,(H,14,15);3-8H,1-2H3. The van der Waals surface area contributed by atoms with Crippen molar-refractivity contribution in [2.45, 2.75) is 53.0 Å². The maximum atomic E-state index is 11.1.